The highest BCUT2D eigenvalue weighted by molar-refractivity contribution is 6.06. The molecule has 2 saturated heterocycles. The molecule has 6 nitrogen and oxygen atoms in total. The van der Waals surface area contributed by atoms with Gasteiger partial charge in [-0.1, -0.05) is 0 Å². The molecule has 2 fully saturated rings. The molecule has 0 aliphatic carbocycles. The summed E-state index contributed by atoms with van der Waals surface area (Å²) >= 11 is 0. The van der Waals surface area contributed by atoms with Crippen LogP contribution in [-0.4, -0.2) is 52.4 Å². The van der Waals surface area contributed by atoms with Crippen LogP contribution in [0.25, 0.3) is 0 Å². The van der Waals surface area contributed by atoms with Crippen molar-refractivity contribution in [1.82, 2.24) is 20.1 Å². The number of rotatable bonds is 3. The molecule has 1 N–H and O–H groups in total. The zero-order valence-electron chi connectivity index (χ0n) is 14.0. The van der Waals surface area contributed by atoms with E-state index < -0.39 is 5.54 Å². The average molecular weight is 316 g/mol. The van der Waals surface area contributed by atoms with E-state index in [0.29, 0.717) is 0 Å². The van der Waals surface area contributed by atoms with Crippen LogP contribution in [0.15, 0.2) is 24.5 Å². The van der Waals surface area contributed by atoms with E-state index in [-0.39, 0.29) is 23.9 Å². The summed E-state index contributed by atoms with van der Waals surface area (Å²) in [6.07, 6.45) is 5.60. The molecule has 2 aliphatic rings. The first-order valence-electron chi connectivity index (χ1n) is 8.17. The van der Waals surface area contributed by atoms with Gasteiger partial charge < -0.3 is 5.32 Å². The molecule has 2 aliphatic heterocycles. The predicted molar refractivity (Wildman–Crippen MR) is 86.7 cm³/mol. The van der Waals surface area contributed by atoms with Gasteiger partial charge in [-0.05, 0) is 50.9 Å². The van der Waals surface area contributed by atoms with Crippen molar-refractivity contribution in [2.45, 2.75) is 38.3 Å². The first kappa shape index (κ1) is 15.9. The van der Waals surface area contributed by atoms with Crippen molar-refractivity contribution in [3.63, 3.8) is 0 Å². The van der Waals surface area contributed by atoms with Gasteiger partial charge in [-0.25, -0.2) is 4.79 Å². The average Bonchev–Trinajstić information content (AvgIpc) is 2.79. The SMILES string of the molecule is C[C@H](c1ccncc1)N1CCC[C@H]([C@]2(C)NC(=O)N(C)C2=O)C1. The van der Waals surface area contributed by atoms with E-state index in [1.807, 2.05) is 31.5 Å². The second kappa shape index (κ2) is 5.92. The van der Waals surface area contributed by atoms with Gasteiger partial charge in [0.25, 0.3) is 5.91 Å². The largest absolute Gasteiger partial charge is 0.324 e. The standard InChI is InChI=1S/C17H24N4O2/c1-12(13-6-8-18-9-7-13)21-10-4-5-14(11-21)17(2)15(22)20(3)16(23)19-17/h6-9,12,14H,4-5,10-11H2,1-3H3,(H,19,23)/t12-,14+,17+/m1/s1. The Morgan fingerprint density at radius 2 is 2.04 bits per heavy atom. The fraction of sp³-hybridized carbons (Fsp3) is 0.588. The summed E-state index contributed by atoms with van der Waals surface area (Å²) in [5, 5.41) is 2.90. The van der Waals surface area contributed by atoms with E-state index in [1.54, 1.807) is 7.05 Å². The highest BCUT2D eigenvalue weighted by atomic mass is 16.2. The Bertz CT molecular complexity index is 606. The smallest absolute Gasteiger partial charge is 0.323 e. The Labute approximate surface area is 136 Å². The number of piperidine rings is 1. The molecule has 0 bridgehead atoms. The van der Waals surface area contributed by atoms with E-state index in [9.17, 15) is 9.59 Å². The minimum atomic E-state index is -0.789. The zero-order valence-corrected chi connectivity index (χ0v) is 14.0. The molecular formula is C17H24N4O2. The number of hydrogen-bond acceptors (Lipinski definition) is 4. The molecule has 0 saturated carbocycles. The normalized spacial score (nSPS) is 30.4. The number of aromatic nitrogens is 1. The van der Waals surface area contributed by atoms with Gasteiger partial charge in [-0.3, -0.25) is 19.6 Å². The molecule has 1 aromatic rings. The van der Waals surface area contributed by atoms with Crippen LogP contribution in [-0.2, 0) is 4.79 Å². The molecule has 6 heteroatoms. The number of hydrogen-bond donors (Lipinski definition) is 1. The van der Waals surface area contributed by atoms with Gasteiger partial charge in [0.2, 0.25) is 0 Å². The molecule has 1 aromatic heterocycles. The topological polar surface area (TPSA) is 65.5 Å². The Balaban J connectivity index is 1.76. The van der Waals surface area contributed by atoms with Crippen molar-refractivity contribution in [2.24, 2.45) is 5.92 Å². The summed E-state index contributed by atoms with van der Waals surface area (Å²) in [6, 6.07) is 4.05. The van der Waals surface area contributed by atoms with Crippen molar-refractivity contribution in [2.75, 3.05) is 20.1 Å². The Morgan fingerprint density at radius 1 is 1.35 bits per heavy atom. The summed E-state index contributed by atoms with van der Waals surface area (Å²) in [7, 11) is 1.54. The number of nitrogens with one attached hydrogen (secondary N) is 1. The van der Waals surface area contributed by atoms with E-state index in [1.165, 1.54) is 10.5 Å². The number of pyridine rings is 1. The number of carbonyl (C=O) groups is 2. The Hall–Kier alpha value is -1.95. The van der Waals surface area contributed by atoms with Crippen molar-refractivity contribution in [3.8, 4) is 0 Å². The minimum Gasteiger partial charge on any atom is -0.323 e. The Morgan fingerprint density at radius 3 is 2.65 bits per heavy atom. The fourth-order valence-electron chi connectivity index (χ4n) is 3.76. The maximum absolute atomic E-state index is 12.5. The van der Waals surface area contributed by atoms with Gasteiger partial charge in [-0.15, -0.1) is 0 Å². The molecule has 23 heavy (non-hydrogen) atoms. The van der Waals surface area contributed by atoms with Crippen LogP contribution in [0.4, 0.5) is 4.79 Å². The number of carbonyl (C=O) groups excluding carboxylic acids is 2. The lowest BCUT2D eigenvalue weighted by Gasteiger charge is -2.42. The quantitative estimate of drug-likeness (QED) is 0.864. The van der Waals surface area contributed by atoms with E-state index in [4.69, 9.17) is 0 Å². The number of imide groups is 1. The van der Waals surface area contributed by atoms with E-state index in [2.05, 4.69) is 22.1 Å². The lowest BCUT2D eigenvalue weighted by Crippen LogP contribution is -2.56. The van der Waals surface area contributed by atoms with Gasteiger partial charge in [0, 0.05) is 37.9 Å². The van der Waals surface area contributed by atoms with Gasteiger partial charge >= 0.3 is 6.03 Å². The zero-order chi connectivity index (χ0) is 16.6. The van der Waals surface area contributed by atoms with Crippen LogP contribution in [0.5, 0.6) is 0 Å². The molecule has 3 heterocycles. The van der Waals surface area contributed by atoms with Gasteiger partial charge in [0.05, 0.1) is 0 Å². The third-order valence-corrected chi connectivity index (χ3v) is 5.43. The highest BCUT2D eigenvalue weighted by Gasteiger charge is 2.52. The summed E-state index contributed by atoms with van der Waals surface area (Å²) in [4.78, 5) is 32.0. The molecule has 3 amide bonds. The summed E-state index contributed by atoms with van der Waals surface area (Å²) in [5.41, 5.74) is 0.437. The van der Waals surface area contributed by atoms with Crippen LogP contribution < -0.4 is 5.32 Å². The third kappa shape index (κ3) is 2.72. The molecule has 124 valence electrons. The lowest BCUT2D eigenvalue weighted by atomic mass is 9.79. The Kier molecular flexibility index (Phi) is 4.10. The number of urea groups is 1. The minimum absolute atomic E-state index is 0.120. The maximum atomic E-state index is 12.5. The van der Waals surface area contributed by atoms with Crippen LogP contribution in [0.1, 0.15) is 38.3 Å². The number of likely N-dealkylation sites (tertiary alicyclic amines) is 1. The maximum Gasteiger partial charge on any atom is 0.324 e. The molecule has 3 atom stereocenters. The third-order valence-electron chi connectivity index (χ3n) is 5.43. The van der Waals surface area contributed by atoms with Gasteiger partial charge in [0.15, 0.2) is 0 Å². The van der Waals surface area contributed by atoms with Gasteiger partial charge in [0.1, 0.15) is 5.54 Å². The summed E-state index contributed by atoms with van der Waals surface area (Å²) in [5.74, 6) is 0.00727. The van der Waals surface area contributed by atoms with Crippen molar-refractivity contribution >= 4 is 11.9 Å². The van der Waals surface area contributed by atoms with Crippen LogP contribution >= 0.6 is 0 Å². The van der Waals surface area contributed by atoms with Gasteiger partial charge in [-0.2, -0.15) is 0 Å². The first-order valence-corrected chi connectivity index (χ1v) is 8.17. The second-order valence-corrected chi connectivity index (χ2v) is 6.79. The molecular weight excluding hydrogens is 292 g/mol. The molecule has 0 radical (unpaired) electrons. The van der Waals surface area contributed by atoms with Crippen molar-refractivity contribution < 1.29 is 9.59 Å². The number of likely N-dealkylation sites (N-methyl/N-ethyl adjacent to an activating group) is 1. The monoisotopic (exact) mass is 316 g/mol. The predicted octanol–water partition coefficient (Wildman–Crippen LogP) is 1.79. The second-order valence-electron chi connectivity index (χ2n) is 6.79. The van der Waals surface area contributed by atoms with Crippen molar-refractivity contribution in [3.05, 3.63) is 30.1 Å². The molecule has 0 unspecified atom stereocenters. The van der Waals surface area contributed by atoms with Crippen LogP contribution in [0.2, 0.25) is 0 Å². The number of nitrogens with zero attached hydrogens (tertiary/aromatic N) is 3. The first-order chi connectivity index (χ1) is 10.9. The molecule has 0 spiro atoms. The molecule has 0 aromatic carbocycles. The fourth-order valence-corrected chi connectivity index (χ4v) is 3.76. The van der Waals surface area contributed by atoms with Crippen LogP contribution in [0.3, 0.4) is 0 Å². The van der Waals surface area contributed by atoms with Crippen molar-refractivity contribution in [1.29, 1.82) is 0 Å². The number of amides is 3. The molecule has 3 rings (SSSR count). The lowest BCUT2D eigenvalue weighted by molar-refractivity contribution is -0.132. The van der Waals surface area contributed by atoms with Crippen LogP contribution in [0, 0.1) is 5.92 Å². The van der Waals surface area contributed by atoms with E-state index in [0.717, 1.165) is 25.9 Å². The highest BCUT2D eigenvalue weighted by Crippen LogP contribution is 2.34. The summed E-state index contributed by atoms with van der Waals surface area (Å²) < 4.78 is 0. The van der Waals surface area contributed by atoms with E-state index >= 15 is 0 Å². The summed E-state index contributed by atoms with van der Waals surface area (Å²) in [6.45, 7) is 5.86.